The molecule has 0 spiro atoms. The highest BCUT2D eigenvalue weighted by molar-refractivity contribution is 5.78. The third-order valence-corrected chi connectivity index (χ3v) is 2.82. The van der Waals surface area contributed by atoms with Crippen molar-refractivity contribution in [3.05, 3.63) is 18.5 Å². The lowest BCUT2D eigenvalue weighted by Gasteiger charge is -2.17. The summed E-state index contributed by atoms with van der Waals surface area (Å²) in [5.74, 6) is 0.173. The number of carbonyl (C=O) groups is 1. The van der Waals surface area contributed by atoms with Crippen LogP contribution in [-0.4, -0.2) is 34.3 Å². The smallest absolute Gasteiger partial charge is 0.220 e. The number of nitrogens with one attached hydrogen (secondary N) is 2. The minimum atomic E-state index is 0.173. The second kappa shape index (κ2) is 5.12. The molecule has 0 saturated carbocycles. The van der Waals surface area contributed by atoms with Gasteiger partial charge in [0.05, 0.1) is 6.54 Å². The molecule has 5 heteroatoms. The van der Waals surface area contributed by atoms with Crippen LogP contribution in [0.5, 0.6) is 0 Å². The van der Waals surface area contributed by atoms with E-state index < -0.39 is 0 Å². The number of rotatable bonds is 5. The van der Waals surface area contributed by atoms with Crippen molar-refractivity contribution in [2.24, 2.45) is 0 Å². The summed E-state index contributed by atoms with van der Waals surface area (Å²) in [7, 11) is 0. The van der Waals surface area contributed by atoms with Gasteiger partial charge >= 0.3 is 0 Å². The van der Waals surface area contributed by atoms with Crippen molar-refractivity contribution < 1.29 is 4.79 Å². The molecule has 0 radical (unpaired) electrons. The van der Waals surface area contributed by atoms with E-state index in [-0.39, 0.29) is 5.91 Å². The zero-order valence-electron chi connectivity index (χ0n) is 9.52. The average Bonchev–Trinajstić information content (AvgIpc) is 2.87. The summed E-state index contributed by atoms with van der Waals surface area (Å²) >= 11 is 0. The molecule has 2 heterocycles. The highest BCUT2D eigenvalue weighted by atomic mass is 16.1. The van der Waals surface area contributed by atoms with Crippen molar-refractivity contribution in [1.82, 2.24) is 20.4 Å². The van der Waals surface area contributed by atoms with Crippen LogP contribution in [-0.2, 0) is 11.3 Å². The highest BCUT2D eigenvalue weighted by Gasteiger charge is 2.20. The van der Waals surface area contributed by atoms with E-state index in [0.717, 1.165) is 19.5 Å². The molecule has 1 aromatic rings. The maximum absolute atomic E-state index is 11.0. The van der Waals surface area contributed by atoms with Crippen LogP contribution >= 0.6 is 0 Å². The van der Waals surface area contributed by atoms with Crippen molar-refractivity contribution in [1.29, 1.82) is 0 Å². The lowest BCUT2D eigenvalue weighted by Crippen LogP contribution is -2.40. The average molecular weight is 222 g/mol. The number of carbonyl (C=O) groups excluding carboxylic acids is 1. The zero-order valence-corrected chi connectivity index (χ0v) is 9.52. The van der Waals surface area contributed by atoms with Crippen LogP contribution < -0.4 is 10.6 Å². The Labute approximate surface area is 95.2 Å². The maximum atomic E-state index is 11.0. The number of nitrogens with zero attached hydrogens (tertiary/aromatic N) is 2. The second-order valence-corrected chi connectivity index (χ2v) is 4.34. The third-order valence-electron chi connectivity index (χ3n) is 2.82. The fourth-order valence-corrected chi connectivity index (χ4v) is 1.93. The van der Waals surface area contributed by atoms with Gasteiger partial charge in [0.2, 0.25) is 5.91 Å². The first-order valence-corrected chi connectivity index (χ1v) is 5.74. The molecule has 1 fully saturated rings. The van der Waals surface area contributed by atoms with Gasteiger partial charge in [0, 0.05) is 37.4 Å². The molecule has 2 unspecified atom stereocenters. The van der Waals surface area contributed by atoms with Crippen LogP contribution in [0.4, 0.5) is 0 Å². The molecule has 1 aliphatic heterocycles. The molecule has 2 atom stereocenters. The quantitative estimate of drug-likeness (QED) is 0.745. The Bertz CT molecular complexity index is 336. The Morgan fingerprint density at radius 3 is 3.25 bits per heavy atom. The molecule has 16 heavy (non-hydrogen) atoms. The van der Waals surface area contributed by atoms with Gasteiger partial charge in [0.25, 0.3) is 0 Å². The molecule has 1 aromatic heterocycles. The molecule has 1 saturated heterocycles. The SMILES string of the molecule is CC(Cn1cccn1)NCC1CCC(=O)N1. The van der Waals surface area contributed by atoms with Gasteiger partial charge in [-0.25, -0.2) is 0 Å². The van der Waals surface area contributed by atoms with Gasteiger partial charge in [0.15, 0.2) is 0 Å². The number of aromatic nitrogens is 2. The van der Waals surface area contributed by atoms with Crippen LogP contribution in [0.2, 0.25) is 0 Å². The van der Waals surface area contributed by atoms with Gasteiger partial charge in [-0.15, -0.1) is 0 Å². The van der Waals surface area contributed by atoms with Crippen molar-refractivity contribution >= 4 is 5.91 Å². The van der Waals surface area contributed by atoms with E-state index in [2.05, 4.69) is 22.7 Å². The minimum absolute atomic E-state index is 0.173. The van der Waals surface area contributed by atoms with Crippen molar-refractivity contribution in [2.45, 2.75) is 38.4 Å². The molecule has 0 aromatic carbocycles. The Kier molecular flexibility index (Phi) is 3.56. The lowest BCUT2D eigenvalue weighted by molar-refractivity contribution is -0.119. The van der Waals surface area contributed by atoms with E-state index in [1.54, 1.807) is 6.20 Å². The normalized spacial score (nSPS) is 22.1. The fourth-order valence-electron chi connectivity index (χ4n) is 1.93. The van der Waals surface area contributed by atoms with Gasteiger partial charge in [-0.05, 0) is 19.4 Å². The zero-order chi connectivity index (χ0) is 11.4. The molecular formula is C11H18N4O. The maximum Gasteiger partial charge on any atom is 0.220 e. The summed E-state index contributed by atoms with van der Waals surface area (Å²) in [6, 6.07) is 2.58. The summed E-state index contributed by atoms with van der Waals surface area (Å²) < 4.78 is 1.91. The first-order chi connectivity index (χ1) is 7.74. The molecule has 88 valence electrons. The molecule has 0 bridgehead atoms. The Hall–Kier alpha value is -1.36. The Morgan fingerprint density at radius 1 is 1.75 bits per heavy atom. The van der Waals surface area contributed by atoms with Crippen LogP contribution in [0.3, 0.4) is 0 Å². The van der Waals surface area contributed by atoms with Gasteiger partial charge in [0.1, 0.15) is 0 Å². The molecule has 2 rings (SSSR count). The van der Waals surface area contributed by atoms with Crippen LogP contribution in [0.25, 0.3) is 0 Å². The predicted molar refractivity (Wildman–Crippen MR) is 60.9 cm³/mol. The summed E-state index contributed by atoms with van der Waals surface area (Å²) in [4.78, 5) is 11.0. The Balaban J connectivity index is 1.68. The largest absolute Gasteiger partial charge is 0.352 e. The molecular weight excluding hydrogens is 204 g/mol. The van der Waals surface area contributed by atoms with Crippen molar-refractivity contribution in [3.8, 4) is 0 Å². The van der Waals surface area contributed by atoms with E-state index in [1.807, 2.05) is 16.9 Å². The van der Waals surface area contributed by atoms with Crippen LogP contribution in [0.1, 0.15) is 19.8 Å². The number of amides is 1. The first kappa shape index (κ1) is 11.1. The molecule has 1 amide bonds. The second-order valence-electron chi connectivity index (χ2n) is 4.34. The fraction of sp³-hybridized carbons (Fsp3) is 0.636. The Morgan fingerprint density at radius 2 is 2.62 bits per heavy atom. The van der Waals surface area contributed by atoms with Gasteiger partial charge < -0.3 is 10.6 Å². The summed E-state index contributed by atoms with van der Waals surface area (Å²) in [5, 5.41) is 10.5. The highest BCUT2D eigenvalue weighted by Crippen LogP contribution is 2.05. The summed E-state index contributed by atoms with van der Waals surface area (Å²) in [5.41, 5.74) is 0. The lowest BCUT2D eigenvalue weighted by atomic mass is 10.2. The monoisotopic (exact) mass is 222 g/mol. The van der Waals surface area contributed by atoms with Crippen LogP contribution in [0, 0.1) is 0 Å². The summed E-state index contributed by atoms with van der Waals surface area (Å²) in [6.45, 7) is 3.82. The van der Waals surface area contributed by atoms with E-state index in [0.29, 0.717) is 18.5 Å². The van der Waals surface area contributed by atoms with E-state index in [9.17, 15) is 4.79 Å². The van der Waals surface area contributed by atoms with Gasteiger partial charge in [-0.2, -0.15) is 5.10 Å². The first-order valence-electron chi connectivity index (χ1n) is 5.74. The van der Waals surface area contributed by atoms with E-state index in [4.69, 9.17) is 0 Å². The number of hydrogen-bond acceptors (Lipinski definition) is 3. The number of hydrogen-bond donors (Lipinski definition) is 2. The van der Waals surface area contributed by atoms with E-state index in [1.165, 1.54) is 0 Å². The topological polar surface area (TPSA) is 59.0 Å². The predicted octanol–water partition coefficient (Wildman–Crippen LogP) is 0.140. The van der Waals surface area contributed by atoms with Gasteiger partial charge in [-0.3, -0.25) is 9.48 Å². The van der Waals surface area contributed by atoms with Crippen LogP contribution in [0.15, 0.2) is 18.5 Å². The molecule has 0 aliphatic carbocycles. The van der Waals surface area contributed by atoms with Crippen molar-refractivity contribution in [2.75, 3.05) is 6.54 Å². The van der Waals surface area contributed by atoms with Gasteiger partial charge in [-0.1, -0.05) is 0 Å². The minimum Gasteiger partial charge on any atom is -0.352 e. The standard InChI is InChI=1S/C11H18N4O/c1-9(8-15-6-2-5-13-15)12-7-10-3-4-11(16)14-10/h2,5-6,9-10,12H,3-4,7-8H2,1H3,(H,14,16). The van der Waals surface area contributed by atoms with Crippen molar-refractivity contribution in [3.63, 3.8) is 0 Å². The van der Waals surface area contributed by atoms with E-state index >= 15 is 0 Å². The summed E-state index contributed by atoms with van der Waals surface area (Å²) in [6.07, 6.45) is 5.35. The molecule has 2 N–H and O–H groups in total. The molecule has 5 nitrogen and oxygen atoms in total. The third kappa shape index (κ3) is 3.06. The molecule has 1 aliphatic rings.